The molecule has 0 amide bonds. The molecule has 1 unspecified atom stereocenters. The summed E-state index contributed by atoms with van der Waals surface area (Å²) in [4.78, 5) is 7.00. The van der Waals surface area contributed by atoms with Crippen molar-refractivity contribution in [3.05, 3.63) is 16.1 Å². The zero-order valence-corrected chi connectivity index (χ0v) is 11.8. The molecule has 2 rings (SSSR count). The number of likely N-dealkylation sites (tertiary alicyclic amines) is 1. The van der Waals surface area contributed by atoms with Crippen LogP contribution in [0.5, 0.6) is 0 Å². The maximum Gasteiger partial charge on any atom is 0.107 e. The summed E-state index contributed by atoms with van der Waals surface area (Å²) in [5.41, 5.74) is -0.0215. The summed E-state index contributed by atoms with van der Waals surface area (Å²) >= 11 is 1.66. The molecule has 0 aliphatic carbocycles. The minimum atomic E-state index is -0.816. The van der Waals surface area contributed by atoms with Crippen molar-refractivity contribution in [3.8, 4) is 0 Å². The minimum Gasteiger partial charge on any atom is -0.384 e. The molecule has 2 heterocycles. The van der Waals surface area contributed by atoms with E-state index < -0.39 is 5.60 Å². The molecule has 1 N–H and O–H groups in total. The zero-order valence-electron chi connectivity index (χ0n) is 10.9. The van der Waals surface area contributed by atoms with Crippen molar-refractivity contribution in [2.75, 3.05) is 13.1 Å². The SMILES string of the molecule is CC1CCCN(Cc2nc(C(C)(C)O)cs2)C1. The van der Waals surface area contributed by atoms with Gasteiger partial charge in [0.15, 0.2) is 0 Å². The standard InChI is InChI=1S/C13H22N2OS/c1-10-5-4-6-15(7-10)8-12-14-11(9-17-12)13(2,3)16/h9-10,16H,4-8H2,1-3H3. The number of aromatic nitrogens is 1. The first-order valence-corrected chi connectivity index (χ1v) is 7.23. The molecular weight excluding hydrogens is 232 g/mol. The number of aliphatic hydroxyl groups is 1. The Labute approximate surface area is 107 Å². The Morgan fingerprint density at radius 1 is 1.59 bits per heavy atom. The van der Waals surface area contributed by atoms with E-state index in [0.717, 1.165) is 23.2 Å². The van der Waals surface area contributed by atoms with Crippen molar-refractivity contribution in [2.45, 2.75) is 45.8 Å². The van der Waals surface area contributed by atoms with Crippen LogP contribution in [0.4, 0.5) is 0 Å². The lowest BCUT2D eigenvalue weighted by Crippen LogP contribution is -2.33. The number of nitrogens with zero attached hydrogens (tertiary/aromatic N) is 2. The van der Waals surface area contributed by atoms with Gasteiger partial charge in [-0.2, -0.15) is 0 Å². The fraction of sp³-hybridized carbons (Fsp3) is 0.769. The monoisotopic (exact) mass is 254 g/mol. The molecule has 1 aromatic heterocycles. The topological polar surface area (TPSA) is 36.4 Å². The molecule has 1 aromatic rings. The molecule has 1 aliphatic heterocycles. The first-order chi connectivity index (χ1) is 7.95. The van der Waals surface area contributed by atoms with Gasteiger partial charge in [0.05, 0.1) is 12.2 Å². The average molecular weight is 254 g/mol. The van der Waals surface area contributed by atoms with Gasteiger partial charge in [-0.1, -0.05) is 6.92 Å². The Hall–Kier alpha value is -0.450. The lowest BCUT2D eigenvalue weighted by atomic mass is 10.0. The van der Waals surface area contributed by atoms with Gasteiger partial charge in [-0.3, -0.25) is 4.90 Å². The van der Waals surface area contributed by atoms with Crippen LogP contribution in [0.25, 0.3) is 0 Å². The van der Waals surface area contributed by atoms with Gasteiger partial charge in [0, 0.05) is 11.9 Å². The van der Waals surface area contributed by atoms with Crippen molar-refractivity contribution in [1.82, 2.24) is 9.88 Å². The third-order valence-electron chi connectivity index (χ3n) is 3.28. The molecule has 0 spiro atoms. The molecule has 0 bridgehead atoms. The number of thiazole rings is 1. The molecule has 96 valence electrons. The summed E-state index contributed by atoms with van der Waals surface area (Å²) in [5.74, 6) is 0.803. The van der Waals surface area contributed by atoms with Gasteiger partial charge >= 0.3 is 0 Å². The van der Waals surface area contributed by atoms with Gasteiger partial charge in [-0.25, -0.2) is 4.98 Å². The fourth-order valence-electron chi connectivity index (χ4n) is 2.29. The van der Waals surface area contributed by atoms with Gasteiger partial charge in [0.25, 0.3) is 0 Å². The van der Waals surface area contributed by atoms with Crippen LogP contribution in [0.3, 0.4) is 0 Å². The molecular formula is C13H22N2OS. The average Bonchev–Trinajstić information content (AvgIpc) is 2.65. The second kappa shape index (κ2) is 5.04. The van der Waals surface area contributed by atoms with Crippen LogP contribution >= 0.6 is 11.3 Å². The molecule has 1 fully saturated rings. The van der Waals surface area contributed by atoms with Crippen molar-refractivity contribution < 1.29 is 5.11 Å². The second-order valence-corrected chi connectivity index (χ2v) is 6.61. The summed E-state index contributed by atoms with van der Waals surface area (Å²) in [6.45, 7) is 9.18. The minimum absolute atomic E-state index is 0.794. The van der Waals surface area contributed by atoms with E-state index >= 15 is 0 Å². The van der Waals surface area contributed by atoms with E-state index in [-0.39, 0.29) is 0 Å². The molecule has 17 heavy (non-hydrogen) atoms. The Morgan fingerprint density at radius 3 is 2.94 bits per heavy atom. The summed E-state index contributed by atoms with van der Waals surface area (Å²) in [5, 5.41) is 13.0. The van der Waals surface area contributed by atoms with Crippen LogP contribution in [0, 0.1) is 5.92 Å². The predicted octanol–water partition coefficient (Wildman–Crippen LogP) is 2.60. The van der Waals surface area contributed by atoms with Crippen LogP contribution in [-0.2, 0) is 12.1 Å². The highest BCUT2D eigenvalue weighted by molar-refractivity contribution is 7.09. The summed E-state index contributed by atoms with van der Waals surface area (Å²) in [7, 11) is 0. The first kappa shape index (κ1) is 13.0. The number of rotatable bonds is 3. The highest BCUT2D eigenvalue weighted by atomic mass is 32.1. The molecule has 0 radical (unpaired) electrons. The van der Waals surface area contributed by atoms with E-state index in [1.165, 1.54) is 25.9 Å². The second-order valence-electron chi connectivity index (χ2n) is 5.67. The molecule has 3 nitrogen and oxygen atoms in total. The third-order valence-corrected chi connectivity index (χ3v) is 4.11. The van der Waals surface area contributed by atoms with Crippen LogP contribution in [0.15, 0.2) is 5.38 Å². The Balaban J connectivity index is 1.97. The maximum atomic E-state index is 9.88. The van der Waals surface area contributed by atoms with E-state index in [4.69, 9.17) is 0 Å². The van der Waals surface area contributed by atoms with Crippen LogP contribution in [-0.4, -0.2) is 28.1 Å². The van der Waals surface area contributed by atoms with Crippen LogP contribution in [0.2, 0.25) is 0 Å². The summed E-state index contributed by atoms with van der Waals surface area (Å²) < 4.78 is 0. The summed E-state index contributed by atoms with van der Waals surface area (Å²) in [6.07, 6.45) is 2.65. The first-order valence-electron chi connectivity index (χ1n) is 6.35. The van der Waals surface area contributed by atoms with Crippen LogP contribution in [0.1, 0.15) is 44.3 Å². The van der Waals surface area contributed by atoms with Gasteiger partial charge in [0.2, 0.25) is 0 Å². The molecule has 1 saturated heterocycles. The van der Waals surface area contributed by atoms with Gasteiger partial charge in [0.1, 0.15) is 10.6 Å². The number of hydrogen-bond acceptors (Lipinski definition) is 4. The third kappa shape index (κ3) is 3.50. The normalized spacial score (nSPS) is 22.9. The molecule has 4 heteroatoms. The largest absolute Gasteiger partial charge is 0.384 e. The van der Waals surface area contributed by atoms with Gasteiger partial charge in [-0.15, -0.1) is 11.3 Å². The number of hydrogen-bond donors (Lipinski definition) is 1. The van der Waals surface area contributed by atoms with Gasteiger partial charge in [-0.05, 0) is 39.2 Å². The maximum absolute atomic E-state index is 9.88. The summed E-state index contributed by atoms with van der Waals surface area (Å²) in [6, 6.07) is 0. The predicted molar refractivity (Wildman–Crippen MR) is 71.0 cm³/mol. The van der Waals surface area contributed by atoms with Crippen molar-refractivity contribution in [1.29, 1.82) is 0 Å². The van der Waals surface area contributed by atoms with E-state index in [0.29, 0.717) is 0 Å². The fourth-order valence-corrected chi connectivity index (χ4v) is 3.28. The van der Waals surface area contributed by atoms with Crippen molar-refractivity contribution >= 4 is 11.3 Å². The molecule has 0 saturated carbocycles. The van der Waals surface area contributed by atoms with Crippen LogP contribution < -0.4 is 0 Å². The lowest BCUT2D eigenvalue weighted by Gasteiger charge is -2.29. The number of piperidine rings is 1. The van der Waals surface area contributed by atoms with E-state index in [9.17, 15) is 5.11 Å². The van der Waals surface area contributed by atoms with E-state index in [1.807, 2.05) is 5.38 Å². The lowest BCUT2D eigenvalue weighted by molar-refractivity contribution is 0.0741. The van der Waals surface area contributed by atoms with Crippen molar-refractivity contribution in [2.24, 2.45) is 5.92 Å². The van der Waals surface area contributed by atoms with E-state index in [2.05, 4.69) is 16.8 Å². The Bertz CT molecular complexity index is 370. The van der Waals surface area contributed by atoms with Crippen molar-refractivity contribution in [3.63, 3.8) is 0 Å². The quantitative estimate of drug-likeness (QED) is 0.900. The van der Waals surface area contributed by atoms with E-state index in [1.54, 1.807) is 25.2 Å². The molecule has 1 atom stereocenters. The smallest absolute Gasteiger partial charge is 0.107 e. The molecule has 0 aromatic carbocycles. The van der Waals surface area contributed by atoms with Gasteiger partial charge < -0.3 is 5.11 Å². The molecule has 1 aliphatic rings. The zero-order chi connectivity index (χ0) is 12.5. The highest BCUT2D eigenvalue weighted by Crippen LogP contribution is 2.24. The Morgan fingerprint density at radius 2 is 2.35 bits per heavy atom. The Kier molecular flexibility index (Phi) is 3.85. The highest BCUT2D eigenvalue weighted by Gasteiger charge is 2.21.